The minimum absolute atomic E-state index is 0.00481. The maximum Gasteiger partial charge on any atom is 0.243 e. The fourth-order valence-corrected chi connectivity index (χ4v) is 6.41. The van der Waals surface area contributed by atoms with Crippen LogP contribution in [0.1, 0.15) is 94.6 Å². The van der Waals surface area contributed by atoms with E-state index in [1.165, 1.54) is 12.8 Å². The van der Waals surface area contributed by atoms with Crippen LogP contribution in [0.3, 0.4) is 0 Å². The molecule has 0 bridgehead atoms. The number of rotatable bonds is 15. The van der Waals surface area contributed by atoms with Crippen LogP contribution in [0.4, 0.5) is 0 Å². The predicted octanol–water partition coefficient (Wildman–Crippen LogP) is 2.19. The van der Waals surface area contributed by atoms with Crippen LogP contribution in [-0.4, -0.2) is 48.1 Å². The number of amidine groups is 1. The molecule has 0 aliphatic heterocycles. The lowest BCUT2D eigenvalue weighted by atomic mass is 9.76. The minimum Gasteiger partial charge on any atom is -0.384 e. The number of carbonyl (C=O) groups is 3. The Morgan fingerprint density at radius 3 is 2.00 bits per heavy atom. The highest BCUT2D eigenvalue weighted by Crippen LogP contribution is 2.33. The largest absolute Gasteiger partial charge is 0.384 e. The number of amides is 3. The first-order chi connectivity index (χ1) is 20.1. The van der Waals surface area contributed by atoms with Gasteiger partial charge >= 0.3 is 0 Å². The van der Waals surface area contributed by atoms with Crippen LogP contribution in [-0.2, 0) is 20.8 Å². The Morgan fingerprint density at radius 1 is 0.833 bits per heavy atom. The molecule has 0 radical (unpaired) electrons. The van der Waals surface area contributed by atoms with E-state index in [1.54, 1.807) is 0 Å². The Kier molecular flexibility index (Phi) is 13.1. The van der Waals surface area contributed by atoms with Gasteiger partial charge in [-0.25, -0.2) is 0 Å². The number of guanidine groups is 1. The Bertz CT molecular complexity index is 1070. The molecule has 232 valence electrons. The molecule has 1 aromatic rings. The maximum absolute atomic E-state index is 14.0. The van der Waals surface area contributed by atoms with Gasteiger partial charge in [0, 0.05) is 18.0 Å². The topological polar surface area (TPSA) is 216 Å². The average Bonchev–Trinajstić information content (AvgIpc) is 2.97. The van der Waals surface area contributed by atoms with Crippen molar-refractivity contribution < 1.29 is 14.4 Å². The molecule has 0 aromatic heterocycles. The molecule has 1 aromatic carbocycles. The zero-order valence-corrected chi connectivity index (χ0v) is 24.8. The van der Waals surface area contributed by atoms with Gasteiger partial charge in [-0.2, -0.15) is 0 Å². The molecule has 11 heteroatoms. The molecular formula is C31H50N8O3. The van der Waals surface area contributed by atoms with Crippen LogP contribution in [0.25, 0.3) is 0 Å². The number of benzene rings is 1. The Hall–Kier alpha value is -3.63. The van der Waals surface area contributed by atoms with Crippen molar-refractivity contribution in [2.75, 3.05) is 6.54 Å². The summed E-state index contributed by atoms with van der Waals surface area (Å²) in [6, 6.07) is 5.82. The highest BCUT2D eigenvalue weighted by Gasteiger charge is 2.34. The van der Waals surface area contributed by atoms with Gasteiger partial charge < -0.3 is 33.6 Å². The second-order valence-corrected chi connectivity index (χ2v) is 12.0. The number of carbonyl (C=O) groups excluding carboxylic acids is 3. The molecule has 0 unspecified atom stereocenters. The second-order valence-electron chi connectivity index (χ2n) is 12.0. The molecule has 42 heavy (non-hydrogen) atoms. The zero-order chi connectivity index (χ0) is 30.5. The first kappa shape index (κ1) is 32.9. The molecular weight excluding hydrogens is 532 g/mol. The van der Waals surface area contributed by atoms with E-state index in [-0.39, 0.29) is 35.4 Å². The predicted molar refractivity (Wildman–Crippen MR) is 165 cm³/mol. The van der Waals surface area contributed by atoms with Crippen LogP contribution >= 0.6 is 0 Å². The van der Waals surface area contributed by atoms with Gasteiger partial charge in [-0.05, 0) is 55.9 Å². The lowest BCUT2D eigenvalue weighted by Gasteiger charge is -2.32. The monoisotopic (exact) mass is 582 g/mol. The molecule has 0 saturated heterocycles. The minimum atomic E-state index is -0.883. The van der Waals surface area contributed by atoms with Gasteiger partial charge in [0.1, 0.15) is 17.9 Å². The summed E-state index contributed by atoms with van der Waals surface area (Å²) in [7, 11) is 0. The number of nitrogens with one attached hydrogen (secondary N) is 3. The third kappa shape index (κ3) is 10.6. The number of primary amides is 1. The first-order valence-corrected chi connectivity index (χ1v) is 15.5. The molecule has 11 nitrogen and oxygen atoms in total. The molecule has 2 saturated carbocycles. The lowest BCUT2D eigenvalue weighted by Crippen LogP contribution is -2.55. The van der Waals surface area contributed by atoms with E-state index in [0.29, 0.717) is 43.7 Å². The summed E-state index contributed by atoms with van der Waals surface area (Å²) in [6.07, 6.45) is 12.6. The summed E-state index contributed by atoms with van der Waals surface area (Å²) < 4.78 is 0. The van der Waals surface area contributed by atoms with Gasteiger partial charge in [-0.3, -0.25) is 24.8 Å². The molecule has 2 aliphatic carbocycles. The van der Waals surface area contributed by atoms with E-state index in [4.69, 9.17) is 28.3 Å². The van der Waals surface area contributed by atoms with Crippen LogP contribution < -0.4 is 33.6 Å². The van der Waals surface area contributed by atoms with Gasteiger partial charge in [0.25, 0.3) is 0 Å². The third-order valence-electron chi connectivity index (χ3n) is 8.81. The lowest BCUT2D eigenvalue weighted by molar-refractivity contribution is -0.134. The number of aliphatic imine (C=N–C) groups is 1. The normalized spacial score (nSPS) is 18.3. The fraction of sp³-hybridized carbons (Fsp3) is 0.645. The van der Waals surface area contributed by atoms with Crippen molar-refractivity contribution in [3.05, 3.63) is 35.4 Å². The van der Waals surface area contributed by atoms with E-state index in [0.717, 1.165) is 56.9 Å². The second kappa shape index (κ2) is 16.7. The number of hydrogen-bond acceptors (Lipinski definition) is 5. The third-order valence-corrected chi connectivity index (χ3v) is 8.81. The summed E-state index contributed by atoms with van der Waals surface area (Å²) in [5.74, 6) is -0.914. The highest BCUT2D eigenvalue weighted by molar-refractivity contribution is 5.95. The fourth-order valence-electron chi connectivity index (χ4n) is 6.41. The van der Waals surface area contributed by atoms with Gasteiger partial charge in [0.05, 0.1) is 0 Å². The molecule has 3 atom stereocenters. The van der Waals surface area contributed by atoms with Crippen molar-refractivity contribution in [3.8, 4) is 0 Å². The van der Waals surface area contributed by atoms with E-state index in [2.05, 4.69) is 15.6 Å². The smallest absolute Gasteiger partial charge is 0.243 e. The molecule has 2 aliphatic rings. The Labute approximate surface area is 249 Å². The van der Waals surface area contributed by atoms with Crippen LogP contribution in [0.2, 0.25) is 0 Å². The van der Waals surface area contributed by atoms with Crippen molar-refractivity contribution in [3.63, 3.8) is 0 Å². The molecule has 11 N–H and O–H groups in total. The van der Waals surface area contributed by atoms with Crippen molar-refractivity contribution in [2.24, 2.45) is 45.7 Å². The van der Waals surface area contributed by atoms with Gasteiger partial charge in [0.2, 0.25) is 17.7 Å². The van der Waals surface area contributed by atoms with Crippen molar-refractivity contribution in [1.82, 2.24) is 10.6 Å². The van der Waals surface area contributed by atoms with Crippen molar-refractivity contribution >= 4 is 29.5 Å². The SMILES string of the molecule is N=C(N)c1ccc(C[C@@H](C(=O)N[C@@H](CC2CCCCC2)C(=O)N[C@@H](CCCN=C(N)N)C(N)=O)C2CCCCC2)cc1. The molecule has 3 rings (SSSR count). The summed E-state index contributed by atoms with van der Waals surface area (Å²) in [6.45, 7) is 0.320. The summed E-state index contributed by atoms with van der Waals surface area (Å²) in [4.78, 5) is 43.8. The van der Waals surface area contributed by atoms with Gasteiger partial charge in [-0.1, -0.05) is 75.6 Å². The Balaban J connectivity index is 1.77. The van der Waals surface area contributed by atoms with Crippen molar-refractivity contribution in [2.45, 2.75) is 102 Å². The quantitative estimate of drug-likeness (QED) is 0.0933. The zero-order valence-electron chi connectivity index (χ0n) is 24.8. The molecule has 0 spiro atoms. The van der Waals surface area contributed by atoms with E-state index >= 15 is 0 Å². The standard InChI is InChI=1S/C31H50N8O3/c32-27(33)23-15-13-21(14-16-23)18-24(22-10-5-2-6-11-22)29(41)39-26(19-20-8-3-1-4-9-20)30(42)38-25(28(34)40)12-7-17-37-31(35)36/h13-16,20,22,24-26H,1-12,17-19H2,(H3,32,33)(H2,34,40)(H,38,42)(H,39,41)(H4,35,36,37)/t24-,25+,26+/m1/s1. The average molecular weight is 583 g/mol. The van der Waals surface area contributed by atoms with Crippen LogP contribution in [0.15, 0.2) is 29.3 Å². The number of nitrogen functional groups attached to an aromatic ring is 1. The highest BCUT2D eigenvalue weighted by atomic mass is 16.2. The number of nitrogens with zero attached hydrogens (tertiary/aromatic N) is 1. The van der Waals surface area contributed by atoms with Gasteiger partial charge in [0.15, 0.2) is 5.96 Å². The van der Waals surface area contributed by atoms with Crippen LogP contribution in [0.5, 0.6) is 0 Å². The van der Waals surface area contributed by atoms with E-state index < -0.39 is 18.0 Å². The van der Waals surface area contributed by atoms with Crippen molar-refractivity contribution in [1.29, 1.82) is 5.41 Å². The van der Waals surface area contributed by atoms with Gasteiger partial charge in [-0.15, -0.1) is 0 Å². The summed E-state index contributed by atoms with van der Waals surface area (Å²) in [5, 5.41) is 13.6. The molecule has 3 amide bonds. The number of hydrogen-bond donors (Lipinski definition) is 7. The summed E-state index contributed by atoms with van der Waals surface area (Å²) >= 11 is 0. The molecule has 0 heterocycles. The van der Waals surface area contributed by atoms with Crippen LogP contribution in [0, 0.1) is 23.2 Å². The molecule has 2 fully saturated rings. The first-order valence-electron chi connectivity index (χ1n) is 15.5. The maximum atomic E-state index is 14.0. The van der Waals surface area contributed by atoms with E-state index in [9.17, 15) is 14.4 Å². The van der Waals surface area contributed by atoms with E-state index in [1.807, 2.05) is 24.3 Å². The summed E-state index contributed by atoms with van der Waals surface area (Å²) in [5.41, 5.74) is 23.7. The Morgan fingerprint density at radius 2 is 1.43 bits per heavy atom. The number of nitrogens with two attached hydrogens (primary N) is 4.